The second kappa shape index (κ2) is 5.76. The van der Waals surface area contributed by atoms with Gasteiger partial charge in [-0.05, 0) is 29.3 Å². The molecule has 3 aliphatic heterocycles. The van der Waals surface area contributed by atoms with Crippen molar-refractivity contribution >= 4 is 22.7 Å². The minimum absolute atomic E-state index is 0.0113. The van der Waals surface area contributed by atoms with Crippen molar-refractivity contribution in [1.82, 2.24) is 14.8 Å². The lowest BCUT2D eigenvalue weighted by Crippen LogP contribution is -2.62. The van der Waals surface area contributed by atoms with Crippen LogP contribution >= 0.6 is 0 Å². The van der Waals surface area contributed by atoms with Gasteiger partial charge in [-0.1, -0.05) is 24.3 Å². The number of carbonyl (C=O) groups excluding carboxylic acids is 2. The summed E-state index contributed by atoms with van der Waals surface area (Å²) in [7, 11) is 0. The number of likely N-dealkylation sites (N-methyl/N-ethyl adjacent to an activating group) is 1. The number of fused-ring (bicyclic) bond motifs is 5. The number of ether oxygens (including phenoxy) is 2. The Hall–Kier alpha value is -3.48. The Morgan fingerprint density at radius 1 is 1.21 bits per heavy atom. The Bertz CT molecular complexity index is 1470. The molecule has 1 aromatic heterocycles. The zero-order chi connectivity index (χ0) is 25.8. The molecule has 0 radical (unpaired) electrons. The number of amides is 2. The van der Waals surface area contributed by atoms with E-state index in [1.165, 1.54) is 18.2 Å². The molecule has 4 heterocycles. The first-order chi connectivity index (χ1) is 16.8. The van der Waals surface area contributed by atoms with Crippen molar-refractivity contribution in [2.24, 2.45) is 0 Å². The van der Waals surface area contributed by atoms with Crippen molar-refractivity contribution in [3.05, 3.63) is 59.3 Å². The SMILES string of the molecule is [2H]C1([2H])Oc2ccc([C@]3([2H])c4[nH]c5ccccc5c4C[C@]4([2H])C(=O)N(C([2H])([2H])[2H])CC(=O)N34)cc2O1. The van der Waals surface area contributed by atoms with Crippen LogP contribution < -0.4 is 9.47 Å². The van der Waals surface area contributed by atoms with E-state index >= 15 is 0 Å². The van der Waals surface area contributed by atoms with E-state index < -0.39 is 44.1 Å². The van der Waals surface area contributed by atoms with Gasteiger partial charge in [-0.2, -0.15) is 0 Å². The Labute approximate surface area is 176 Å². The van der Waals surface area contributed by atoms with Gasteiger partial charge in [-0.3, -0.25) is 9.59 Å². The van der Waals surface area contributed by atoms with Crippen LogP contribution in [0.5, 0.6) is 11.5 Å². The van der Waals surface area contributed by atoms with E-state index in [4.69, 9.17) is 16.3 Å². The first-order valence-corrected chi connectivity index (χ1v) is 9.04. The van der Waals surface area contributed by atoms with E-state index in [0.717, 1.165) is 4.90 Å². The molecule has 0 saturated carbocycles. The summed E-state index contributed by atoms with van der Waals surface area (Å²) >= 11 is 0. The number of carbonyl (C=O) groups is 2. The van der Waals surface area contributed by atoms with E-state index in [0.29, 0.717) is 21.4 Å². The fourth-order valence-corrected chi connectivity index (χ4v) is 4.16. The molecular formula is C22H19N3O4. The molecule has 29 heavy (non-hydrogen) atoms. The van der Waals surface area contributed by atoms with Gasteiger partial charge in [0.2, 0.25) is 18.6 Å². The standard InChI is InChI=1S/C22H19N3O4/c1-24-10-19(26)25-16(22(24)27)9-14-13-4-2-3-5-15(13)23-20(14)21(25)12-6-7-17-18(8-12)29-11-28-17/h2-8,16,21,23H,9-11H2,1H3/t16-,21-/m1/s1/i1D3,11D2,16D,21D. The number of benzene rings is 2. The number of hydrogen-bond donors (Lipinski definition) is 1. The van der Waals surface area contributed by atoms with Gasteiger partial charge in [0, 0.05) is 34.1 Å². The number of para-hydroxylation sites is 1. The third-order valence-electron chi connectivity index (χ3n) is 5.44. The predicted molar refractivity (Wildman–Crippen MR) is 105 cm³/mol. The van der Waals surface area contributed by atoms with Crippen LogP contribution in [0.25, 0.3) is 10.9 Å². The number of aromatic amines is 1. The molecule has 2 aromatic carbocycles. The third-order valence-corrected chi connectivity index (χ3v) is 5.44. The van der Waals surface area contributed by atoms with Gasteiger partial charge >= 0.3 is 0 Å². The van der Waals surface area contributed by atoms with E-state index in [9.17, 15) is 12.3 Å². The molecule has 146 valence electrons. The van der Waals surface area contributed by atoms with E-state index in [1.54, 1.807) is 24.3 Å². The molecule has 7 heteroatoms. The van der Waals surface area contributed by atoms with Crippen LogP contribution in [0.2, 0.25) is 0 Å². The highest BCUT2D eigenvalue weighted by Crippen LogP contribution is 2.44. The summed E-state index contributed by atoms with van der Waals surface area (Å²) in [4.78, 5) is 31.4. The molecule has 0 unspecified atom stereocenters. The maximum absolute atomic E-state index is 13.5. The monoisotopic (exact) mass is 396 g/mol. The summed E-state index contributed by atoms with van der Waals surface area (Å²) < 4.78 is 67.8. The van der Waals surface area contributed by atoms with Gasteiger partial charge in [-0.25, -0.2) is 0 Å². The van der Waals surface area contributed by atoms with Crippen LogP contribution in [0.3, 0.4) is 0 Å². The minimum atomic E-state index is -2.94. The Balaban J connectivity index is 1.62. The molecule has 2 atom stereocenters. The second-order valence-corrected chi connectivity index (χ2v) is 7.07. The normalized spacial score (nSPS) is 33.6. The summed E-state index contributed by atoms with van der Waals surface area (Å²) in [6.07, 6.45) is -0.322. The number of piperazine rings is 1. The van der Waals surface area contributed by atoms with E-state index in [2.05, 4.69) is 4.98 Å². The summed E-state index contributed by atoms with van der Waals surface area (Å²) in [5.74, 6) is -1.91. The number of hydrogen-bond acceptors (Lipinski definition) is 4. The van der Waals surface area contributed by atoms with E-state index in [-0.39, 0.29) is 29.2 Å². The molecule has 1 N–H and O–H groups in total. The molecular weight excluding hydrogens is 370 g/mol. The van der Waals surface area contributed by atoms with Gasteiger partial charge in [0.1, 0.15) is 8.76 Å². The molecule has 0 spiro atoms. The van der Waals surface area contributed by atoms with Gasteiger partial charge in [0.05, 0.1) is 15.3 Å². The molecule has 3 aromatic rings. The lowest BCUT2D eigenvalue weighted by molar-refractivity contribution is -0.157. The minimum Gasteiger partial charge on any atom is -0.454 e. The summed E-state index contributed by atoms with van der Waals surface area (Å²) in [6.45, 7) is -6.19. The Morgan fingerprint density at radius 3 is 2.97 bits per heavy atom. The van der Waals surface area contributed by atoms with Crippen LogP contribution in [0.1, 0.15) is 32.4 Å². The predicted octanol–water partition coefficient (Wildman–Crippen LogP) is 2.21. The van der Waals surface area contributed by atoms with Crippen molar-refractivity contribution in [1.29, 1.82) is 0 Å². The molecule has 1 fully saturated rings. The lowest BCUT2D eigenvalue weighted by Gasteiger charge is -2.46. The molecule has 7 nitrogen and oxygen atoms in total. The number of H-pyrrole nitrogens is 1. The number of rotatable bonds is 1. The molecule has 3 aliphatic rings. The number of nitrogens with zero attached hydrogens (tertiary/aromatic N) is 2. The maximum atomic E-state index is 13.5. The van der Waals surface area contributed by atoms with Crippen molar-refractivity contribution in [3.63, 3.8) is 0 Å². The summed E-state index contributed by atoms with van der Waals surface area (Å²) in [5.41, 5.74) is 1.41. The third kappa shape index (κ3) is 2.24. The van der Waals surface area contributed by atoms with Crippen LogP contribution in [0, 0.1) is 0 Å². The Morgan fingerprint density at radius 2 is 2.07 bits per heavy atom. The van der Waals surface area contributed by atoms with Crippen LogP contribution in [-0.2, 0) is 16.0 Å². The van der Waals surface area contributed by atoms with Crippen LogP contribution in [0.4, 0.5) is 0 Å². The zero-order valence-electron chi connectivity index (χ0n) is 22.0. The average Bonchev–Trinajstić information content (AvgIpc) is 3.31. The highest BCUT2D eigenvalue weighted by Gasteiger charge is 2.47. The largest absolute Gasteiger partial charge is 0.454 e. The van der Waals surface area contributed by atoms with Crippen molar-refractivity contribution in [2.45, 2.75) is 18.5 Å². The second-order valence-electron chi connectivity index (χ2n) is 7.07. The summed E-state index contributed by atoms with van der Waals surface area (Å²) in [5, 5.41) is 0.638. The van der Waals surface area contributed by atoms with Crippen molar-refractivity contribution < 1.29 is 28.7 Å². The van der Waals surface area contributed by atoms with E-state index in [1.807, 2.05) is 0 Å². The topological polar surface area (TPSA) is 74.9 Å². The molecule has 1 saturated heterocycles. The summed E-state index contributed by atoms with van der Waals surface area (Å²) in [6, 6.07) is 6.62. The average molecular weight is 396 g/mol. The van der Waals surface area contributed by atoms with Gasteiger partial charge in [0.25, 0.3) is 0 Å². The highest BCUT2D eigenvalue weighted by atomic mass is 16.7. The van der Waals surface area contributed by atoms with Crippen LogP contribution in [-0.4, -0.2) is 52.9 Å². The Kier molecular flexibility index (Phi) is 2.17. The molecule has 0 aliphatic carbocycles. The molecule has 2 amide bonds. The fraction of sp³-hybridized carbons (Fsp3) is 0.273. The van der Waals surface area contributed by atoms with Crippen molar-refractivity contribution in [3.8, 4) is 11.5 Å². The lowest BCUT2D eigenvalue weighted by atomic mass is 9.86. The maximum Gasteiger partial charge on any atom is 0.245 e. The first-order valence-electron chi connectivity index (χ1n) is 12.5. The van der Waals surface area contributed by atoms with Gasteiger partial charge in [0.15, 0.2) is 11.5 Å². The number of aromatic nitrogens is 1. The molecule has 6 rings (SSSR count). The smallest absolute Gasteiger partial charge is 0.245 e. The highest BCUT2D eigenvalue weighted by molar-refractivity contribution is 5.97. The fourth-order valence-electron chi connectivity index (χ4n) is 4.16. The van der Waals surface area contributed by atoms with Gasteiger partial charge < -0.3 is 24.3 Å². The molecule has 0 bridgehead atoms. The first kappa shape index (κ1) is 10.9. The van der Waals surface area contributed by atoms with Crippen LogP contribution in [0.15, 0.2) is 42.5 Å². The zero-order valence-corrected chi connectivity index (χ0v) is 15.0. The quantitative estimate of drug-likeness (QED) is 0.684. The number of nitrogens with one attached hydrogen (secondary N) is 1. The van der Waals surface area contributed by atoms with Gasteiger partial charge in [-0.15, -0.1) is 0 Å². The van der Waals surface area contributed by atoms with Crippen molar-refractivity contribution in [2.75, 3.05) is 20.3 Å².